The Kier molecular flexibility index (Phi) is 4.29. The fourth-order valence-corrected chi connectivity index (χ4v) is 2.34. The maximum absolute atomic E-state index is 6.21. The van der Waals surface area contributed by atoms with Crippen LogP contribution in [0.1, 0.15) is 16.7 Å². The van der Waals surface area contributed by atoms with Crippen LogP contribution in [0.25, 0.3) is 0 Å². The highest BCUT2D eigenvalue weighted by atomic mass is 15.1. The molecule has 0 unspecified atom stereocenters. The van der Waals surface area contributed by atoms with Crippen LogP contribution in [0.4, 0.5) is 28.8 Å². The molecule has 4 N–H and O–H groups in total. The van der Waals surface area contributed by atoms with Gasteiger partial charge in [-0.1, -0.05) is 23.8 Å². The number of anilines is 5. The number of hydrogen-bond donors (Lipinski definition) is 3. The van der Waals surface area contributed by atoms with Gasteiger partial charge in [-0.2, -0.15) is 0 Å². The van der Waals surface area contributed by atoms with Gasteiger partial charge in [0.15, 0.2) is 11.6 Å². The Balaban J connectivity index is 1.86. The van der Waals surface area contributed by atoms with E-state index in [1.165, 1.54) is 11.9 Å². The van der Waals surface area contributed by atoms with Gasteiger partial charge in [-0.05, 0) is 44.0 Å². The Morgan fingerprint density at radius 2 is 1.54 bits per heavy atom. The summed E-state index contributed by atoms with van der Waals surface area (Å²) in [6.45, 7) is 6.09. The van der Waals surface area contributed by atoms with Crippen LogP contribution in [0.3, 0.4) is 0 Å². The molecule has 0 spiro atoms. The minimum absolute atomic E-state index is 0.444. The second-order valence-corrected chi connectivity index (χ2v) is 5.77. The van der Waals surface area contributed by atoms with E-state index in [0.717, 1.165) is 16.8 Å². The van der Waals surface area contributed by atoms with Crippen molar-refractivity contribution < 1.29 is 0 Å². The lowest BCUT2D eigenvalue weighted by atomic mass is 10.1. The van der Waals surface area contributed by atoms with Gasteiger partial charge in [0, 0.05) is 11.9 Å². The van der Waals surface area contributed by atoms with Gasteiger partial charge in [-0.3, -0.25) is 0 Å². The van der Waals surface area contributed by atoms with Crippen molar-refractivity contribution in [3.63, 3.8) is 0 Å². The molecule has 0 aliphatic carbocycles. The highest BCUT2D eigenvalue weighted by Crippen LogP contribution is 2.29. The lowest BCUT2D eigenvalue weighted by molar-refractivity contribution is 1.16. The zero-order valence-corrected chi connectivity index (χ0v) is 14.0. The van der Waals surface area contributed by atoms with Crippen molar-refractivity contribution in [2.75, 3.05) is 16.4 Å². The van der Waals surface area contributed by atoms with Crippen molar-refractivity contribution in [1.29, 1.82) is 0 Å². The summed E-state index contributed by atoms with van der Waals surface area (Å²) in [6, 6.07) is 10.0. The number of pyridine rings is 1. The third-order valence-electron chi connectivity index (χ3n) is 3.68. The minimum Gasteiger partial charge on any atom is -0.393 e. The van der Waals surface area contributed by atoms with E-state index in [1.807, 2.05) is 38.1 Å². The van der Waals surface area contributed by atoms with Crippen LogP contribution >= 0.6 is 0 Å². The van der Waals surface area contributed by atoms with Crippen molar-refractivity contribution in [3.8, 4) is 0 Å². The van der Waals surface area contributed by atoms with Gasteiger partial charge in [0.25, 0.3) is 0 Å². The first-order valence-corrected chi connectivity index (χ1v) is 7.67. The average Bonchev–Trinajstić information content (AvgIpc) is 2.55. The van der Waals surface area contributed by atoms with Gasteiger partial charge in [-0.25, -0.2) is 15.0 Å². The SMILES string of the molecule is Cc1ccc(Nc2ncnc(Nc3ccc(C)cc3C)c2N)nc1. The molecular weight excluding hydrogens is 300 g/mol. The molecule has 6 nitrogen and oxygen atoms in total. The number of nitrogens with two attached hydrogens (primary N) is 1. The van der Waals surface area contributed by atoms with E-state index in [9.17, 15) is 0 Å². The van der Waals surface area contributed by atoms with Crippen molar-refractivity contribution in [3.05, 3.63) is 59.5 Å². The largest absolute Gasteiger partial charge is 0.393 e. The highest BCUT2D eigenvalue weighted by Gasteiger charge is 2.10. The lowest BCUT2D eigenvalue weighted by Crippen LogP contribution is -2.06. The van der Waals surface area contributed by atoms with Crippen LogP contribution < -0.4 is 16.4 Å². The Morgan fingerprint density at radius 1 is 0.833 bits per heavy atom. The van der Waals surface area contributed by atoms with Gasteiger partial charge < -0.3 is 16.4 Å². The van der Waals surface area contributed by atoms with Crippen molar-refractivity contribution >= 4 is 28.8 Å². The fraction of sp³-hybridized carbons (Fsp3) is 0.167. The summed E-state index contributed by atoms with van der Waals surface area (Å²) in [5, 5.41) is 6.39. The standard InChI is InChI=1S/C18H20N6/c1-11-4-6-14(13(3)8-11)23-17-16(19)18(22-10-21-17)24-15-7-5-12(2)9-20-15/h4-10H,19H2,1-3H3,(H2,20,21,22,23,24). The molecule has 2 aromatic heterocycles. The number of rotatable bonds is 4. The molecule has 0 saturated carbocycles. The summed E-state index contributed by atoms with van der Waals surface area (Å²) < 4.78 is 0. The normalized spacial score (nSPS) is 10.5. The molecule has 0 atom stereocenters. The molecule has 0 saturated heterocycles. The molecule has 0 fully saturated rings. The van der Waals surface area contributed by atoms with E-state index < -0.39 is 0 Å². The van der Waals surface area contributed by atoms with Gasteiger partial charge in [0.1, 0.15) is 17.8 Å². The van der Waals surface area contributed by atoms with Crippen LogP contribution in [0.2, 0.25) is 0 Å². The predicted octanol–water partition coefficient (Wildman–Crippen LogP) is 3.87. The first kappa shape index (κ1) is 15.7. The summed E-state index contributed by atoms with van der Waals surface area (Å²) in [4.78, 5) is 12.8. The molecule has 0 radical (unpaired) electrons. The predicted molar refractivity (Wildman–Crippen MR) is 97.9 cm³/mol. The van der Waals surface area contributed by atoms with E-state index in [1.54, 1.807) is 6.20 Å². The Labute approximate surface area is 141 Å². The Morgan fingerprint density at radius 3 is 2.21 bits per heavy atom. The smallest absolute Gasteiger partial charge is 0.160 e. The number of nitrogen functional groups attached to an aromatic ring is 1. The summed E-state index contributed by atoms with van der Waals surface area (Å²) >= 11 is 0. The van der Waals surface area contributed by atoms with Crippen LogP contribution in [0.15, 0.2) is 42.9 Å². The fourth-order valence-electron chi connectivity index (χ4n) is 2.34. The molecular formula is C18H20N6. The molecule has 1 aromatic carbocycles. The van der Waals surface area contributed by atoms with E-state index >= 15 is 0 Å². The second-order valence-electron chi connectivity index (χ2n) is 5.77. The minimum atomic E-state index is 0.444. The van der Waals surface area contributed by atoms with Crippen molar-refractivity contribution in [2.24, 2.45) is 0 Å². The molecule has 0 aliphatic rings. The summed E-state index contributed by atoms with van der Waals surface area (Å²) in [7, 11) is 0. The monoisotopic (exact) mass is 320 g/mol. The number of benzene rings is 1. The molecule has 6 heteroatoms. The zero-order valence-electron chi connectivity index (χ0n) is 14.0. The maximum Gasteiger partial charge on any atom is 0.160 e. The Hall–Kier alpha value is -3.15. The average molecular weight is 320 g/mol. The van der Waals surface area contributed by atoms with Gasteiger partial charge >= 0.3 is 0 Å². The number of nitrogens with one attached hydrogen (secondary N) is 2. The van der Waals surface area contributed by atoms with E-state index in [4.69, 9.17) is 5.73 Å². The van der Waals surface area contributed by atoms with E-state index in [0.29, 0.717) is 23.1 Å². The van der Waals surface area contributed by atoms with E-state index in [-0.39, 0.29) is 0 Å². The number of aryl methyl sites for hydroxylation is 3. The number of nitrogens with zero attached hydrogens (tertiary/aromatic N) is 3. The van der Waals surface area contributed by atoms with Crippen LogP contribution in [0, 0.1) is 20.8 Å². The first-order valence-electron chi connectivity index (χ1n) is 7.67. The molecule has 3 rings (SSSR count). The third kappa shape index (κ3) is 3.43. The van der Waals surface area contributed by atoms with Crippen molar-refractivity contribution in [2.45, 2.75) is 20.8 Å². The molecule has 0 aliphatic heterocycles. The lowest BCUT2D eigenvalue weighted by Gasteiger charge is -2.14. The van der Waals surface area contributed by atoms with Crippen LogP contribution in [0.5, 0.6) is 0 Å². The second kappa shape index (κ2) is 6.54. The molecule has 3 aromatic rings. The summed E-state index contributed by atoms with van der Waals surface area (Å²) in [6.07, 6.45) is 3.26. The van der Waals surface area contributed by atoms with Gasteiger partial charge in [0.2, 0.25) is 0 Å². The quantitative estimate of drug-likeness (QED) is 0.676. The first-order chi connectivity index (χ1) is 11.5. The van der Waals surface area contributed by atoms with Crippen molar-refractivity contribution in [1.82, 2.24) is 15.0 Å². The third-order valence-corrected chi connectivity index (χ3v) is 3.68. The Bertz CT molecular complexity index is 858. The molecule has 0 bridgehead atoms. The van der Waals surface area contributed by atoms with Crippen LogP contribution in [-0.4, -0.2) is 15.0 Å². The number of aromatic nitrogens is 3. The summed E-state index contributed by atoms with van der Waals surface area (Å²) in [5.74, 6) is 1.77. The van der Waals surface area contributed by atoms with Crippen LogP contribution in [-0.2, 0) is 0 Å². The molecule has 24 heavy (non-hydrogen) atoms. The molecule has 2 heterocycles. The topological polar surface area (TPSA) is 88.8 Å². The van der Waals surface area contributed by atoms with Gasteiger partial charge in [-0.15, -0.1) is 0 Å². The number of hydrogen-bond acceptors (Lipinski definition) is 6. The molecule has 0 amide bonds. The zero-order chi connectivity index (χ0) is 17.1. The maximum atomic E-state index is 6.21. The highest BCUT2D eigenvalue weighted by molar-refractivity contribution is 5.80. The molecule has 122 valence electrons. The van der Waals surface area contributed by atoms with Gasteiger partial charge in [0.05, 0.1) is 0 Å². The van der Waals surface area contributed by atoms with E-state index in [2.05, 4.69) is 38.6 Å². The summed E-state index contributed by atoms with van der Waals surface area (Å²) in [5.41, 5.74) is 11.0.